The van der Waals surface area contributed by atoms with Gasteiger partial charge in [0.15, 0.2) is 0 Å². The fraction of sp³-hybridized carbons (Fsp3) is 0.583. The van der Waals surface area contributed by atoms with Crippen molar-refractivity contribution < 1.29 is 0 Å². The zero-order valence-electron chi connectivity index (χ0n) is 11.1. The maximum Gasteiger partial charge on any atom is 0.146 e. The molecule has 0 fully saturated rings. The van der Waals surface area contributed by atoms with Gasteiger partial charge < -0.3 is 9.88 Å². The minimum absolute atomic E-state index is 0.363. The molecule has 18 heavy (non-hydrogen) atoms. The number of rotatable bonds is 6. The van der Waals surface area contributed by atoms with Crippen molar-refractivity contribution in [3.63, 3.8) is 0 Å². The Bertz CT molecular complexity index is 459. The molecule has 6 nitrogen and oxygen atoms in total. The van der Waals surface area contributed by atoms with E-state index in [9.17, 15) is 0 Å². The molecule has 0 aliphatic heterocycles. The normalized spacial score (nSPS) is 13.1. The van der Waals surface area contributed by atoms with E-state index in [1.165, 1.54) is 0 Å². The van der Waals surface area contributed by atoms with Gasteiger partial charge in [0.2, 0.25) is 0 Å². The Morgan fingerprint density at radius 1 is 1.39 bits per heavy atom. The highest BCUT2D eigenvalue weighted by molar-refractivity contribution is 4.86. The van der Waals surface area contributed by atoms with Crippen molar-refractivity contribution in [2.45, 2.75) is 33.0 Å². The van der Waals surface area contributed by atoms with E-state index in [1.54, 1.807) is 12.5 Å². The van der Waals surface area contributed by atoms with Crippen LogP contribution in [0.4, 0.5) is 0 Å². The van der Waals surface area contributed by atoms with E-state index in [2.05, 4.69) is 34.5 Å². The summed E-state index contributed by atoms with van der Waals surface area (Å²) in [6.45, 7) is 6.00. The third-order valence-electron chi connectivity index (χ3n) is 3.08. The maximum absolute atomic E-state index is 4.24. The summed E-state index contributed by atoms with van der Waals surface area (Å²) in [4.78, 5) is 0. The first-order valence-corrected chi connectivity index (χ1v) is 6.20. The van der Waals surface area contributed by atoms with Crippen molar-refractivity contribution in [1.82, 2.24) is 29.9 Å². The first-order valence-electron chi connectivity index (χ1n) is 6.20. The Kier molecular flexibility index (Phi) is 4.09. The van der Waals surface area contributed by atoms with E-state index in [4.69, 9.17) is 0 Å². The summed E-state index contributed by atoms with van der Waals surface area (Å²) in [5.74, 6) is 1.48. The number of nitrogens with zero attached hydrogens (tertiary/aromatic N) is 5. The SMILES string of the molecule is CC(C)C(Cn1cccn1)NCc1nncn1C. The lowest BCUT2D eigenvalue weighted by molar-refractivity contribution is 0.336. The van der Waals surface area contributed by atoms with E-state index in [-0.39, 0.29) is 0 Å². The van der Waals surface area contributed by atoms with E-state index in [1.807, 2.05) is 28.6 Å². The molecule has 0 aliphatic carbocycles. The second kappa shape index (κ2) is 5.77. The van der Waals surface area contributed by atoms with Gasteiger partial charge in [-0.25, -0.2) is 0 Å². The molecular weight excluding hydrogens is 228 g/mol. The van der Waals surface area contributed by atoms with E-state index in [0.29, 0.717) is 12.0 Å². The van der Waals surface area contributed by atoms with Crippen LogP contribution < -0.4 is 5.32 Å². The molecule has 98 valence electrons. The summed E-state index contributed by atoms with van der Waals surface area (Å²) in [6, 6.07) is 2.31. The minimum Gasteiger partial charge on any atom is -0.320 e. The predicted molar refractivity (Wildman–Crippen MR) is 68.7 cm³/mol. The van der Waals surface area contributed by atoms with Crippen molar-refractivity contribution in [3.05, 3.63) is 30.6 Å². The summed E-state index contributed by atoms with van der Waals surface area (Å²) >= 11 is 0. The van der Waals surface area contributed by atoms with Gasteiger partial charge >= 0.3 is 0 Å². The third-order valence-corrected chi connectivity index (χ3v) is 3.08. The smallest absolute Gasteiger partial charge is 0.146 e. The van der Waals surface area contributed by atoms with Crippen LogP contribution in [0.25, 0.3) is 0 Å². The number of nitrogens with one attached hydrogen (secondary N) is 1. The Hall–Kier alpha value is -1.69. The molecule has 0 bridgehead atoms. The zero-order chi connectivity index (χ0) is 13.0. The molecule has 0 saturated carbocycles. The first kappa shape index (κ1) is 12.8. The molecule has 0 spiro atoms. The Balaban J connectivity index is 1.93. The number of hydrogen-bond donors (Lipinski definition) is 1. The fourth-order valence-electron chi connectivity index (χ4n) is 1.81. The van der Waals surface area contributed by atoms with Gasteiger partial charge in [-0.1, -0.05) is 13.8 Å². The van der Waals surface area contributed by atoms with Gasteiger partial charge in [-0.15, -0.1) is 10.2 Å². The van der Waals surface area contributed by atoms with Crippen LogP contribution in [0, 0.1) is 5.92 Å². The van der Waals surface area contributed by atoms with E-state index >= 15 is 0 Å². The highest BCUT2D eigenvalue weighted by Gasteiger charge is 2.14. The maximum atomic E-state index is 4.24. The molecule has 2 aromatic rings. The number of hydrogen-bond acceptors (Lipinski definition) is 4. The molecule has 0 aliphatic rings. The van der Waals surface area contributed by atoms with Crippen molar-refractivity contribution in [3.8, 4) is 0 Å². The second-order valence-corrected chi connectivity index (χ2v) is 4.82. The van der Waals surface area contributed by atoms with Gasteiger partial charge in [-0.05, 0) is 12.0 Å². The van der Waals surface area contributed by atoms with Gasteiger partial charge in [0, 0.05) is 25.5 Å². The largest absolute Gasteiger partial charge is 0.320 e. The second-order valence-electron chi connectivity index (χ2n) is 4.82. The van der Waals surface area contributed by atoms with Crippen molar-refractivity contribution in [2.24, 2.45) is 13.0 Å². The molecule has 0 amide bonds. The average molecular weight is 248 g/mol. The van der Waals surface area contributed by atoms with Crippen LogP contribution in [0.2, 0.25) is 0 Å². The predicted octanol–water partition coefficient (Wildman–Crippen LogP) is 0.826. The molecule has 6 heteroatoms. The Morgan fingerprint density at radius 3 is 2.78 bits per heavy atom. The zero-order valence-corrected chi connectivity index (χ0v) is 11.1. The minimum atomic E-state index is 0.363. The molecule has 0 aromatic carbocycles. The van der Waals surface area contributed by atoms with Crippen LogP contribution in [0.5, 0.6) is 0 Å². The van der Waals surface area contributed by atoms with Gasteiger partial charge in [0.05, 0.1) is 13.1 Å². The first-order chi connectivity index (χ1) is 8.66. The van der Waals surface area contributed by atoms with E-state index < -0.39 is 0 Å². The molecule has 2 aromatic heterocycles. The molecule has 2 rings (SSSR count). The highest BCUT2D eigenvalue weighted by Crippen LogP contribution is 2.05. The Labute approximate surface area is 107 Å². The fourth-order valence-corrected chi connectivity index (χ4v) is 1.81. The van der Waals surface area contributed by atoms with Gasteiger partial charge in [0.25, 0.3) is 0 Å². The van der Waals surface area contributed by atoms with Crippen molar-refractivity contribution in [2.75, 3.05) is 0 Å². The van der Waals surface area contributed by atoms with Crippen LogP contribution >= 0.6 is 0 Å². The Morgan fingerprint density at radius 2 is 2.22 bits per heavy atom. The van der Waals surface area contributed by atoms with Gasteiger partial charge in [-0.3, -0.25) is 4.68 Å². The lowest BCUT2D eigenvalue weighted by Crippen LogP contribution is -2.38. The summed E-state index contributed by atoms with van der Waals surface area (Å²) in [6.07, 6.45) is 5.51. The molecule has 2 heterocycles. The average Bonchev–Trinajstić information content (AvgIpc) is 2.96. The van der Waals surface area contributed by atoms with Crippen LogP contribution in [0.15, 0.2) is 24.8 Å². The molecule has 1 atom stereocenters. The summed E-state index contributed by atoms with van der Waals surface area (Å²) < 4.78 is 3.88. The quantitative estimate of drug-likeness (QED) is 0.822. The summed E-state index contributed by atoms with van der Waals surface area (Å²) in [5, 5.41) is 15.7. The van der Waals surface area contributed by atoms with Crippen LogP contribution in [0.3, 0.4) is 0 Å². The number of aromatic nitrogens is 5. The highest BCUT2D eigenvalue weighted by atomic mass is 15.3. The van der Waals surface area contributed by atoms with Crippen LogP contribution in [0.1, 0.15) is 19.7 Å². The molecule has 1 N–H and O–H groups in total. The van der Waals surface area contributed by atoms with Gasteiger partial charge in [-0.2, -0.15) is 5.10 Å². The third kappa shape index (κ3) is 3.16. The molecule has 1 unspecified atom stereocenters. The lowest BCUT2D eigenvalue weighted by Gasteiger charge is -2.22. The van der Waals surface area contributed by atoms with Crippen molar-refractivity contribution >= 4 is 0 Å². The lowest BCUT2D eigenvalue weighted by atomic mass is 10.0. The summed E-state index contributed by atoms with van der Waals surface area (Å²) in [7, 11) is 1.95. The standard InChI is InChI=1S/C12H20N6/c1-10(2)11(8-18-6-4-5-15-18)13-7-12-16-14-9-17(12)3/h4-6,9-11,13H,7-8H2,1-3H3. The molecule has 0 radical (unpaired) electrons. The number of aryl methyl sites for hydroxylation is 1. The van der Waals surface area contributed by atoms with Crippen molar-refractivity contribution in [1.29, 1.82) is 0 Å². The van der Waals surface area contributed by atoms with Gasteiger partial charge in [0.1, 0.15) is 12.2 Å². The summed E-state index contributed by atoms with van der Waals surface area (Å²) in [5.41, 5.74) is 0. The van der Waals surface area contributed by atoms with Crippen LogP contribution in [-0.4, -0.2) is 30.6 Å². The molecular formula is C12H20N6. The topological polar surface area (TPSA) is 60.6 Å². The molecule has 0 saturated heterocycles. The van der Waals surface area contributed by atoms with E-state index in [0.717, 1.165) is 18.9 Å². The monoisotopic (exact) mass is 248 g/mol. The van der Waals surface area contributed by atoms with Crippen LogP contribution in [-0.2, 0) is 20.1 Å².